The molecule has 0 amide bonds. The number of aryl methyl sites for hydroxylation is 2. The number of thiophene rings is 1. The fourth-order valence-electron chi connectivity index (χ4n) is 1.94. The molecule has 0 saturated carbocycles. The van der Waals surface area contributed by atoms with Crippen molar-refractivity contribution in [2.24, 2.45) is 0 Å². The molecule has 0 aromatic carbocycles. The molecule has 3 rings (SSSR count). The van der Waals surface area contributed by atoms with Crippen LogP contribution in [-0.2, 0) is 13.0 Å². The number of nitrogens with two attached hydrogens (primary N) is 1. The molecule has 0 unspecified atom stereocenters. The van der Waals surface area contributed by atoms with Crippen molar-refractivity contribution < 1.29 is 0 Å². The molecule has 104 valence electrons. The molecule has 0 bridgehead atoms. The standard InChI is InChI=1S/C13H15N5S2/c1-3-8-4-9-11(17-13(14)18-12(9)20-8)15-5-10-16-7(2)6-19-10/h4,6H,3,5H2,1-2H3,(H3,14,15,17,18). The monoisotopic (exact) mass is 305 g/mol. The van der Waals surface area contributed by atoms with Gasteiger partial charge in [-0.3, -0.25) is 0 Å². The third-order valence-electron chi connectivity index (χ3n) is 2.88. The van der Waals surface area contributed by atoms with E-state index < -0.39 is 0 Å². The highest BCUT2D eigenvalue weighted by molar-refractivity contribution is 7.18. The van der Waals surface area contributed by atoms with Crippen LogP contribution in [0.15, 0.2) is 11.4 Å². The van der Waals surface area contributed by atoms with E-state index >= 15 is 0 Å². The van der Waals surface area contributed by atoms with E-state index in [1.807, 2.05) is 12.3 Å². The molecule has 0 atom stereocenters. The second-order valence-electron chi connectivity index (χ2n) is 4.45. The Morgan fingerprint density at radius 2 is 2.15 bits per heavy atom. The Hall–Kier alpha value is -1.73. The highest BCUT2D eigenvalue weighted by atomic mass is 32.1. The van der Waals surface area contributed by atoms with Crippen molar-refractivity contribution in [3.8, 4) is 0 Å². The second kappa shape index (κ2) is 5.34. The molecule has 0 aliphatic heterocycles. The van der Waals surface area contributed by atoms with Gasteiger partial charge in [0.25, 0.3) is 0 Å². The number of hydrogen-bond donors (Lipinski definition) is 2. The molecule has 7 heteroatoms. The number of fused-ring (bicyclic) bond motifs is 1. The first-order valence-electron chi connectivity index (χ1n) is 6.36. The van der Waals surface area contributed by atoms with Crippen molar-refractivity contribution in [2.75, 3.05) is 11.1 Å². The third kappa shape index (κ3) is 2.59. The Balaban J connectivity index is 1.91. The van der Waals surface area contributed by atoms with Gasteiger partial charge in [0.2, 0.25) is 5.95 Å². The lowest BCUT2D eigenvalue weighted by atomic mass is 10.3. The van der Waals surface area contributed by atoms with Crippen LogP contribution in [0.5, 0.6) is 0 Å². The first-order valence-corrected chi connectivity index (χ1v) is 8.06. The first-order chi connectivity index (χ1) is 9.65. The Kier molecular flexibility index (Phi) is 3.54. The molecule has 5 nitrogen and oxygen atoms in total. The van der Waals surface area contributed by atoms with Gasteiger partial charge in [0.15, 0.2) is 0 Å². The van der Waals surface area contributed by atoms with Gasteiger partial charge < -0.3 is 11.1 Å². The third-order valence-corrected chi connectivity index (χ3v) is 5.02. The van der Waals surface area contributed by atoms with Gasteiger partial charge in [0.1, 0.15) is 15.7 Å². The lowest BCUT2D eigenvalue weighted by molar-refractivity contribution is 1.06. The van der Waals surface area contributed by atoms with Crippen molar-refractivity contribution in [3.63, 3.8) is 0 Å². The first kappa shape index (κ1) is 13.3. The van der Waals surface area contributed by atoms with Crippen LogP contribution in [-0.4, -0.2) is 15.0 Å². The predicted molar refractivity (Wildman–Crippen MR) is 85.4 cm³/mol. The molecule has 3 heterocycles. The number of nitrogen functional groups attached to an aromatic ring is 1. The minimum atomic E-state index is 0.305. The number of nitrogens with zero attached hydrogens (tertiary/aromatic N) is 3. The topological polar surface area (TPSA) is 76.7 Å². The summed E-state index contributed by atoms with van der Waals surface area (Å²) in [5.74, 6) is 1.09. The summed E-state index contributed by atoms with van der Waals surface area (Å²) in [4.78, 5) is 15.3. The predicted octanol–water partition coefficient (Wildman–Crippen LogP) is 3.21. The summed E-state index contributed by atoms with van der Waals surface area (Å²) in [6.07, 6.45) is 0.992. The largest absolute Gasteiger partial charge is 0.368 e. The van der Waals surface area contributed by atoms with Crippen molar-refractivity contribution in [2.45, 2.75) is 26.8 Å². The van der Waals surface area contributed by atoms with Crippen LogP contribution in [0.3, 0.4) is 0 Å². The van der Waals surface area contributed by atoms with Gasteiger partial charge in [0.05, 0.1) is 11.9 Å². The molecule has 0 aliphatic rings. The summed E-state index contributed by atoms with van der Waals surface area (Å²) < 4.78 is 0. The van der Waals surface area contributed by atoms with Crippen LogP contribution in [0.1, 0.15) is 22.5 Å². The summed E-state index contributed by atoms with van der Waals surface area (Å²) in [5.41, 5.74) is 6.82. The van der Waals surface area contributed by atoms with Crippen LogP contribution >= 0.6 is 22.7 Å². The zero-order valence-electron chi connectivity index (χ0n) is 11.3. The summed E-state index contributed by atoms with van der Waals surface area (Å²) >= 11 is 3.31. The average Bonchev–Trinajstić information content (AvgIpc) is 3.01. The van der Waals surface area contributed by atoms with Gasteiger partial charge in [-0.15, -0.1) is 22.7 Å². The maximum absolute atomic E-state index is 5.78. The molecule has 0 spiro atoms. The van der Waals surface area contributed by atoms with E-state index in [1.165, 1.54) is 4.88 Å². The highest BCUT2D eigenvalue weighted by Gasteiger charge is 2.10. The molecule has 0 saturated heterocycles. The van der Waals surface area contributed by atoms with Crippen LogP contribution in [0.2, 0.25) is 0 Å². The zero-order chi connectivity index (χ0) is 14.1. The lowest BCUT2D eigenvalue weighted by Crippen LogP contribution is -2.04. The van der Waals surface area contributed by atoms with Gasteiger partial charge >= 0.3 is 0 Å². The molecular formula is C13H15N5S2. The molecule has 0 fully saturated rings. The fourth-order valence-corrected chi connectivity index (χ4v) is 3.63. The van der Waals surface area contributed by atoms with E-state index in [-0.39, 0.29) is 0 Å². The summed E-state index contributed by atoms with van der Waals surface area (Å²) in [7, 11) is 0. The summed E-state index contributed by atoms with van der Waals surface area (Å²) in [6.45, 7) is 4.78. The fraction of sp³-hybridized carbons (Fsp3) is 0.308. The number of anilines is 2. The van der Waals surface area contributed by atoms with Crippen LogP contribution in [0.4, 0.5) is 11.8 Å². The number of nitrogens with one attached hydrogen (secondary N) is 1. The van der Waals surface area contributed by atoms with Crippen LogP contribution in [0.25, 0.3) is 10.2 Å². The van der Waals surface area contributed by atoms with E-state index in [4.69, 9.17) is 5.73 Å². The Morgan fingerprint density at radius 1 is 1.30 bits per heavy atom. The van der Waals surface area contributed by atoms with Crippen molar-refractivity contribution in [1.29, 1.82) is 0 Å². The van der Waals surface area contributed by atoms with Gasteiger partial charge in [-0.2, -0.15) is 4.98 Å². The van der Waals surface area contributed by atoms with Gasteiger partial charge in [-0.1, -0.05) is 6.92 Å². The van der Waals surface area contributed by atoms with E-state index in [1.54, 1.807) is 22.7 Å². The average molecular weight is 305 g/mol. The van der Waals surface area contributed by atoms with E-state index in [9.17, 15) is 0 Å². The molecule has 0 aliphatic carbocycles. The molecule has 3 aromatic heterocycles. The summed E-state index contributed by atoms with van der Waals surface area (Å²) in [5, 5.41) is 7.44. The summed E-state index contributed by atoms with van der Waals surface area (Å²) in [6, 6.07) is 2.13. The SMILES string of the molecule is CCc1cc2c(NCc3nc(C)cs3)nc(N)nc2s1. The van der Waals surface area contributed by atoms with Crippen molar-refractivity contribution >= 4 is 44.7 Å². The van der Waals surface area contributed by atoms with Crippen LogP contribution < -0.4 is 11.1 Å². The molecule has 0 radical (unpaired) electrons. The van der Waals surface area contributed by atoms with Crippen molar-refractivity contribution in [1.82, 2.24) is 15.0 Å². The molecular weight excluding hydrogens is 290 g/mol. The van der Waals surface area contributed by atoms with Crippen molar-refractivity contribution in [3.05, 3.63) is 27.0 Å². The Labute approximate surface area is 124 Å². The Morgan fingerprint density at radius 3 is 2.85 bits per heavy atom. The minimum Gasteiger partial charge on any atom is -0.368 e. The molecule has 3 N–H and O–H groups in total. The highest BCUT2D eigenvalue weighted by Crippen LogP contribution is 2.30. The van der Waals surface area contributed by atoms with Gasteiger partial charge in [0, 0.05) is 16.0 Å². The van der Waals surface area contributed by atoms with E-state index in [0.717, 1.165) is 33.2 Å². The van der Waals surface area contributed by atoms with Crippen LogP contribution in [0, 0.1) is 6.92 Å². The lowest BCUT2D eigenvalue weighted by Gasteiger charge is -2.05. The zero-order valence-corrected chi connectivity index (χ0v) is 12.9. The maximum Gasteiger partial charge on any atom is 0.223 e. The number of hydrogen-bond acceptors (Lipinski definition) is 7. The number of thiazole rings is 1. The quantitative estimate of drug-likeness (QED) is 0.774. The van der Waals surface area contributed by atoms with Gasteiger partial charge in [-0.05, 0) is 19.4 Å². The normalized spacial score (nSPS) is 11.1. The molecule has 20 heavy (non-hydrogen) atoms. The minimum absolute atomic E-state index is 0.305. The smallest absolute Gasteiger partial charge is 0.223 e. The van der Waals surface area contributed by atoms with Gasteiger partial charge in [-0.25, -0.2) is 9.97 Å². The molecule has 3 aromatic rings. The van der Waals surface area contributed by atoms with E-state index in [0.29, 0.717) is 12.5 Å². The maximum atomic E-state index is 5.78. The van der Waals surface area contributed by atoms with E-state index in [2.05, 4.69) is 33.3 Å². The second-order valence-corrected chi connectivity index (χ2v) is 6.51. The number of aromatic nitrogens is 3. The Bertz CT molecular complexity index is 746. The number of rotatable bonds is 4.